The first-order valence-corrected chi connectivity index (χ1v) is 9.31. The summed E-state index contributed by atoms with van der Waals surface area (Å²) in [5.41, 5.74) is 3.02. The lowest BCUT2D eigenvalue weighted by molar-refractivity contribution is -0.113. The number of pyridine rings is 1. The van der Waals surface area contributed by atoms with Crippen LogP contribution in [0.2, 0.25) is 0 Å². The number of carbonyl (C=O) groups is 1. The van der Waals surface area contributed by atoms with Gasteiger partial charge in [0.2, 0.25) is 5.91 Å². The van der Waals surface area contributed by atoms with E-state index in [0.717, 1.165) is 28.4 Å². The van der Waals surface area contributed by atoms with E-state index in [2.05, 4.69) is 15.4 Å². The van der Waals surface area contributed by atoms with Crippen LogP contribution in [-0.4, -0.2) is 26.4 Å². The summed E-state index contributed by atoms with van der Waals surface area (Å²) in [4.78, 5) is 16.2. The second-order valence-corrected chi connectivity index (χ2v) is 7.08. The first kappa shape index (κ1) is 16.7. The molecule has 0 aliphatic carbocycles. The van der Waals surface area contributed by atoms with Crippen molar-refractivity contribution < 1.29 is 9.53 Å². The molecule has 1 aliphatic rings. The van der Waals surface area contributed by atoms with Gasteiger partial charge in [-0.2, -0.15) is 5.10 Å². The molecule has 1 N–H and O–H groups in total. The molecule has 1 atom stereocenters. The molecule has 26 heavy (non-hydrogen) atoms. The maximum Gasteiger partial charge on any atom is 0.235 e. The fourth-order valence-corrected chi connectivity index (χ4v) is 3.96. The summed E-state index contributed by atoms with van der Waals surface area (Å²) < 4.78 is 7.50. The summed E-state index contributed by atoms with van der Waals surface area (Å²) in [5, 5.41) is 7.27. The van der Waals surface area contributed by atoms with Crippen molar-refractivity contribution >= 4 is 23.5 Å². The van der Waals surface area contributed by atoms with Crippen molar-refractivity contribution in [2.75, 3.05) is 11.1 Å². The summed E-state index contributed by atoms with van der Waals surface area (Å²) in [5.74, 6) is 1.97. The van der Waals surface area contributed by atoms with Gasteiger partial charge >= 0.3 is 0 Å². The van der Waals surface area contributed by atoms with Gasteiger partial charge in [0.1, 0.15) is 18.2 Å². The molecule has 0 spiro atoms. The van der Waals surface area contributed by atoms with Crippen molar-refractivity contribution in [2.24, 2.45) is 7.05 Å². The fourth-order valence-electron chi connectivity index (χ4n) is 2.87. The number of hydrogen-bond donors (Lipinski definition) is 1. The molecule has 1 amide bonds. The van der Waals surface area contributed by atoms with Gasteiger partial charge < -0.3 is 10.1 Å². The van der Waals surface area contributed by atoms with E-state index in [9.17, 15) is 4.79 Å². The predicted molar refractivity (Wildman–Crippen MR) is 101 cm³/mol. The third kappa shape index (κ3) is 3.43. The van der Waals surface area contributed by atoms with E-state index < -0.39 is 0 Å². The second-order valence-electron chi connectivity index (χ2n) is 5.99. The standard InChI is InChI=1S/C19H18N4O2S/c1-23-19-16(10-21-23)18(26-12-17(24)22-19)13-5-7-15(8-6-13)25-11-14-4-2-3-9-20-14/h2-10,18H,11-12H2,1H3,(H,22,24)/t18-/m1/s1. The predicted octanol–water partition coefficient (Wildman–Crippen LogP) is 3.17. The van der Waals surface area contributed by atoms with Crippen LogP contribution < -0.4 is 10.1 Å². The number of fused-ring (bicyclic) bond motifs is 1. The molecule has 0 unspecified atom stereocenters. The lowest BCUT2D eigenvalue weighted by atomic mass is 10.1. The zero-order valence-corrected chi connectivity index (χ0v) is 15.1. The Labute approximate surface area is 155 Å². The van der Waals surface area contributed by atoms with Crippen LogP contribution in [0.5, 0.6) is 5.75 Å². The number of carbonyl (C=O) groups excluding carboxylic acids is 1. The summed E-state index contributed by atoms with van der Waals surface area (Å²) in [6.45, 7) is 0.434. The molecule has 0 bridgehead atoms. The van der Waals surface area contributed by atoms with Gasteiger partial charge in [-0.15, -0.1) is 11.8 Å². The maximum absolute atomic E-state index is 11.9. The molecular weight excluding hydrogens is 348 g/mol. The van der Waals surface area contributed by atoms with Crippen LogP contribution in [-0.2, 0) is 18.4 Å². The van der Waals surface area contributed by atoms with E-state index in [1.54, 1.807) is 22.6 Å². The zero-order chi connectivity index (χ0) is 17.9. The Balaban J connectivity index is 1.52. The van der Waals surface area contributed by atoms with Gasteiger partial charge in [0.05, 0.1) is 22.9 Å². The van der Waals surface area contributed by atoms with E-state index in [0.29, 0.717) is 12.4 Å². The largest absolute Gasteiger partial charge is 0.487 e. The Hall–Kier alpha value is -2.80. The van der Waals surface area contributed by atoms with Gasteiger partial charge in [-0.1, -0.05) is 18.2 Å². The normalized spacial score (nSPS) is 16.5. The van der Waals surface area contributed by atoms with E-state index in [4.69, 9.17) is 4.74 Å². The smallest absolute Gasteiger partial charge is 0.235 e. The highest BCUT2D eigenvalue weighted by Crippen LogP contribution is 2.41. The first-order chi connectivity index (χ1) is 12.7. The van der Waals surface area contributed by atoms with Crippen LogP contribution >= 0.6 is 11.8 Å². The number of amides is 1. The number of ether oxygens (including phenoxy) is 1. The number of rotatable bonds is 4. The quantitative estimate of drug-likeness (QED) is 0.768. The number of anilines is 1. The van der Waals surface area contributed by atoms with Gasteiger partial charge in [-0.05, 0) is 29.8 Å². The monoisotopic (exact) mass is 366 g/mol. The highest BCUT2D eigenvalue weighted by atomic mass is 32.2. The first-order valence-electron chi connectivity index (χ1n) is 8.27. The zero-order valence-electron chi connectivity index (χ0n) is 14.3. The molecule has 0 fully saturated rings. The molecule has 2 aromatic heterocycles. The minimum absolute atomic E-state index is 0.00216. The molecule has 3 aromatic rings. The molecule has 7 heteroatoms. The topological polar surface area (TPSA) is 69.0 Å². The summed E-state index contributed by atoms with van der Waals surface area (Å²) >= 11 is 1.60. The van der Waals surface area contributed by atoms with Gasteiger partial charge in [0.25, 0.3) is 0 Å². The Kier molecular flexibility index (Phi) is 4.62. The molecule has 1 aliphatic heterocycles. The highest BCUT2D eigenvalue weighted by Gasteiger charge is 2.26. The molecule has 3 heterocycles. The van der Waals surface area contributed by atoms with Crippen LogP contribution in [0.4, 0.5) is 5.82 Å². The molecular formula is C19H18N4O2S. The van der Waals surface area contributed by atoms with E-state index in [1.807, 2.05) is 55.7 Å². The van der Waals surface area contributed by atoms with Gasteiger partial charge in [0, 0.05) is 18.8 Å². The number of benzene rings is 1. The van der Waals surface area contributed by atoms with Crippen molar-refractivity contribution in [1.29, 1.82) is 0 Å². The average Bonchev–Trinajstić information content (AvgIpc) is 2.93. The number of nitrogens with one attached hydrogen (secondary N) is 1. The molecule has 0 radical (unpaired) electrons. The molecule has 0 saturated carbocycles. The number of thioether (sulfide) groups is 1. The van der Waals surface area contributed by atoms with Gasteiger partial charge in [-0.3, -0.25) is 14.5 Å². The van der Waals surface area contributed by atoms with E-state index >= 15 is 0 Å². The van der Waals surface area contributed by atoms with Gasteiger partial charge in [0.15, 0.2) is 0 Å². The highest BCUT2D eigenvalue weighted by molar-refractivity contribution is 8.00. The summed E-state index contributed by atoms with van der Waals surface area (Å²) in [6.07, 6.45) is 3.58. The van der Waals surface area contributed by atoms with Gasteiger partial charge in [-0.25, -0.2) is 0 Å². The van der Waals surface area contributed by atoms with E-state index in [-0.39, 0.29) is 11.2 Å². The van der Waals surface area contributed by atoms with Crippen molar-refractivity contribution in [2.45, 2.75) is 11.9 Å². The SMILES string of the molecule is Cn1ncc2c1NC(=O)CS[C@@H]2c1ccc(OCc2ccccn2)cc1. The van der Waals surface area contributed by atoms with Crippen molar-refractivity contribution in [1.82, 2.24) is 14.8 Å². The Morgan fingerprint density at radius 1 is 1.27 bits per heavy atom. The molecule has 0 saturated heterocycles. The van der Waals surface area contributed by atoms with Crippen LogP contribution in [0.15, 0.2) is 54.9 Å². The average molecular weight is 366 g/mol. The third-order valence-corrected chi connectivity index (χ3v) is 5.47. The molecule has 6 nitrogen and oxygen atoms in total. The lowest BCUT2D eigenvalue weighted by Crippen LogP contribution is -2.15. The lowest BCUT2D eigenvalue weighted by Gasteiger charge is -2.15. The van der Waals surface area contributed by atoms with Crippen molar-refractivity contribution in [3.63, 3.8) is 0 Å². The van der Waals surface area contributed by atoms with Crippen LogP contribution in [0.25, 0.3) is 0 Å². The third-order valence-electron chi connectivity index (χ3n) is 4.18. The second kappa shape index (κ2) is 7.21. The maximum atomic E-state index is 11.9. The molecule has 1 aromatic carbocycles. The van der Waals surface area contributed by atoms with E-state index in [1.165, 1.54) is 0 Å². The van der Waals surface area contributed by atoms with Crippen molar-refractivity contribution in [3.8, 4) is 5.75 Å². The Morgan fingerprint density at radius 3 is 2.88 bits per heavy atom. The number of nitrogens with zero attached hydrogens (tertiary/aromatic N) is 3. The Bertz CT molecular complexity index is 909. The fraction of sp³-hybridized carbons (Fsp3) is 0.211. The molecule has 132 valence electrons. The van der Waals surface area contributed by atoms with Crippen LogP contribution in [0, 0.1) is 0 Å². The summed E-state index contributed by atoms with van der Waals surface area (Å²) in [7, 11) is 1.83. The minimum Gasteiger partial charge on any atom is -0.487 e. The minimum atomic E-state index is -0.00216. The number of aromatic nitrogens is 3. The van der Waals surface area contributed by atoms with Crippen LogP contribution in [0.1, 0.15) is 22.1 Å². The number of hydrogen-bond acceptors (Lipinski definition) is 5. The molecule has 4 rings (SSSR count). The summed E-state index contributed by atoms with van der Waals surface area (Å²) in [6, 6.07) is 13.7. The Morgan fingerprint density at radius 2 is 2.12 bits per heavy atom. The van der Waals surface area contributed by atoms with Crippen molar-refractivity contribution in [3.05, 3.63) is 71.7 Å². The number of aryl methyl sites for hydroxylation is 1. The van der Waals surface area contributed by atoms with Crippen LogP contribution in [0.3, 0.4) is 0 Å².